The van der Waals surface area contributed by atoms with Gasteiger partial charge < -0.3 is 20.5 Å². The Morgan fingerprint density at radius 2 is 2.00 bits per heavy atom. The zero-order valence-corrected chi connectivity index (χ0v) is 11.3. The minimum Gasteiger partial charge on any atom is -0.504 e. The highest BCUT2D eigenvalue weighted by atomic mass is 16.5. The van der Waals surface area contributed by atoms with Gasteiger partial charge in [0.1, 0.15) is 0 Å². The summed E-state index contributed by atoms with van der Waals surface area (Å²) >= 11 is 0. The molecule has 1 aliphatic rings. The lowest BCUT2D eigenvalue weighted by Crippen LogP contribution is -2.41. The molecule has 0 aromatic heterocycles. The van der Waals surface area contributed by atoms with Crippen molar-refractivity contribution in [2.45, 2.75) is 12.8 Å². The number of methoxy groups -OCH3 is 1. The topological polar surface area (TPSA) is 92.9 Å². The van der Waals surface area contributed by atoms with Crippen molar-refractivity contribution in [3.63, 3.8) is 0 Å². The van der Waals surface area contributed by atoms with Crippen LogP contribution in [0.5, 0.6) is 11.5 Å². The number of ether oxygens (including phenoxy) is 1. The lowest BCUT2D eigenvalue weighted by atomic mass is 9.96. The van der Waals surface area contributed by atoms with Crippen molar-refractivity contribution in [3.8, 4) is 11.5 Å². The molecular weight excluding hydrogens is 260 g/mol. The van der Waals surface area contributed by atoms with Crippen molar-refractivity contribution in [2.24, 2.45) is 11.7 Å². The zero-order valence-electron chi connectivity index (χ0n) is 11.3. The van der Waals surface area contributed by atoms with Gasteiger partial charge in [0.2, 0.25) is 5.91 Å². The van der Waals surface area contributed by atoms with Gasteiger partial charge in [-0.2, -0.15) is 0 Å². The highest BCUT2D eigenvalue weighted by molar-refractivity contribution is 5.95. The summed E-state index contributed by atoms with van der Waals surface area (Å²) in [5.41, 5.74) is 5.67. The maximum Gasteiger partial charge on any atom is 0.253 e. The van der Waals surface area contributed by atoms with Crippen LogP contribution in [-0.2, 0) is 4.79 Å². The highest BCUT2D eigenvalue weighted by Crippen LogP contribution is 2.27. The molecule has 6 heteroatoms. The summed E-state index contributed by atoms with van der Waals surface area (Å²) < 4.78 is 4.94. The molecule has 1 aromatic carbocycles. The summed E-state index contributed by atoms with van der Waals surface area (Å²) in [6, 6.07) is 4.56. The smallest absolute Gasteiger partial charge is 0.253 e. The van der Waals surface area contributed by atoms with Crippen LogP contribution in [-0.4, -0.2) is 42.0 Å². The third-order valence-electron chi connectivity index (χ3n) is 3.61. The van der Waals surface area contributed by atoms with Crippen LogP contribution in [0.15, 0.2) is 18.2 Å². The number of nitrogens with zero attached hydrogens (tertiary/aromatic N) is 1. The molecule has 0 aliphatic carbocycles. The van der Waals surface area contributed by atoms with E-state index in [4.69, 9.17) is 10.5 Å². The number of primary amides is 1. The summed E-state index contributed by atoms with van der Waals surface area (Å²) in [6.07, 6.45) is 1.17. The molecule has 6 nitrogen and oxygen atoms in total. The predicted molar refractivity (Wildman–Crippen MR) is 72.5 cm³/mol. The van der Waals surface area contributed by atoms with E-state index in [2.05, 4.69) is 0 Å². The number of benzene rings is 1. The van der Waals surface area contributed by atoms with Gasteiger partial charge in [-0.1, -0.05) is 0 Å². The molecule has 108 valence electrons. The lowest BCUT2D eigenvalue weighted by molar-refractivity contribution is -0.123. The van der Waals surface area contributed by atoms with E-state index in [9.17, 15) is 14.7 Å². The van der Waals surface area contributed by atoms with Crippen LogP contribution >= 0.6 is 0 Å². The van der Waals surface area contributed by atoms with E-state index in [0.717, 1.165) is 0 Å². The van der Waals surface area contributed by atoms with Crippen LogP contribution in [0.4, 0.5) is 0 Å². The Morgan fingerprint density at radius 3 is 2.50 bits per heavy atom. The fraction of sp³-hybridized carbons (Fsp3) is 0.429. The molecule has 1 fully saturated rings. The first-order chi connectivity index (χ1) is 9.52. The molecule has 0 radical (unpaired) electrons. The normalized spacial score (nSPS) is 15.9. The van der Waals surface area contributed by atoms with Crippen LogP contribution in [0, 0.1) is 5.92 Å². The SMILES string of the molecule is COc1ccc(C(=O)N2CCC(C(N)=O)CC2)cc1O. The second-order valence-corrected chi connectivity index (χ2v) is 4.86. The molecule has 1 aliphatic heterocycles. The lowest BCUT2D eigenvalue weighted by Gasteiger charge is -2.30. The predicted octanol–water partition coefficient (Wildman–Crippen LogP) is 0.738. The van der Waals surface area contributed by atoms with Crippen molar-refractivity contribution in [1.82, 2.24) is 4.90 Å². The Bertz CT molecular complexity index is 522. The molecule has 0 unspecified atom stereocenters. The van der Waals surface area contributed by atoms with Crippen molar-refractivity contribution in [1.29, 1.82) is 0 Å². The highest BCUT2D eigenvalue weighted by Gasteiger charge is 2.26. The summed E-state index contributed by atoms with van der Waals surface area (Å²) in [5.74, 6) is -0.354. The minimum absolute atomic E-state index is 0.0645. The van der Waals surface area contributed by atoms with Gasteiger partial charge in [0.15, 0.2) is 11.5 Å². The summed E-state index contributed by atoms with van der Waals surface area (Å²) in [4.78, 5) is 25.0. The number of phenolic OH excluding ortho intramolecular Hbond substituents is 1. The van der Waals surface area contributed by atoms with Gasteiger partial charge >= 0.3 is 0 Å². The van der Waals surface area contributed by atoms with Crippen LogP contribution in [0.25, 0.3) is 0 Å². The molecule has 1 aromatic rings. The van der Waals surface area contributed by atoms with Gasteiger partial charge in [-0.15, -0.1) is 0 Å². The molecule has 3 N–H and O–H groups in total. The van der Waals surface area contributed by atoms with Crippen molar-refractivity contribution < 1.29 is 19.4 Å². The fourth-order valence-corrected chi connectivity index (χ4v) is 2.37. The first-order valence-electron chi connectivity index (χ1n) is 6.48. The Balaban J connectivity index is 2.05. The van der Waals surface area contributed by atoms with Gasteiger partial charge in [-0.3, -0.25) is 9.59 Å². The number of nitrogens with two attached hydrogens (primary N) is 1. The zero-order chi connectivity index (χ0) is 14.7. The van der Waals surface area contributed by atoms with Crippen LogP contribution in [0.3, 0.4) is 0 Å². The summed E-state index contributed by atoms with van der Waals surface area (Å²) in [6.45, 7) is 0.998. The average molecular weight is 278 g/mol. The van der Waals surface area contributed by atoms with E-state index < -0.39 is 0 Å². The van der Waals surface area contributed by atoms with Gasteiger partial charge in [-0.05, 0) is 31.0 Å². The second-order valence-electron chi connectivity index (χ2n) is 4.86. The maximum atomic E-state index is 12.3. The molecule has 0 atom stereocenters. The van der Waals surface area contributed by atoms with Gasteiger partial charge in [0.05, 0.1) is 7.11 Å². The number of piperidine rings is 1. The molecule has 20 heavy (non-hydrogen) atoms. The average Bonchev–Trinajstić information content (AvgIpc) is 2.46. The number of aromatic hydroxyl groups is 1. The third-order valence-corrected chi connectivity index (χ3v) is 3.61. The first kappa shape index (κ1) is 14.2. The molecule has 2 amide bonds. The standard InChI is InChI=1S/C14H18N2O4/c1-20-12-3-2-10(8-11(12)17)14(19)16-6-4-9(5-7-16)13(15)18/h2-3,8-9,17H,4-7H2,1H3,(H2,15,18). The second kappa shape index (κ2) is 5.81. The van der Waals surface area contributed by atoms with Crippen LogP contribution < -0.4 is 10.5 Å². The summed E-state index contributed by atoms with van der Waals surface area (Å²) in [7, 11) is 1.45. The first-order valence-corrected chi connectivity index (χ1v) is 6.48. The summed E-state index contributed by atoms with van der Waals surface area (Å²) in [5, 5.41) is 9.70. The maximum absolute atomic E-state index is 12.3. The van der Waals surface area contributed by atoms with Crippen LogP contribution in [0.2, 0.25) is 0 Å². The van der Waals surface area contributed by atoms with E-state index in [1.807, 2.05) is 0 Å². The van der Waals surface area contributed by atoms with E-state index in [1.165, 1.54) is 13.2 Å². The van der Waals surface area contributed by atoms with Crippen molar-refractivity contribution in [2.75, 3.05) is 20.2 Å². The number of rotatable bonds is 3. The molecule has 0 spiro atoms. The number of amides is 2. The van der Waals surface area contributed by atoms with E-state index in [-0.39, 0.29) is 23.5 Å². The quantitative estimate of drug-likeness (QED) is 0.852. The van der Waals surface area contributed by atoms with Gasteiger partial charge in [0.25, 0.3) is 5.91 Å². The fourth-order valence-electron chi connectivity index (χ4n) is 2.37. The molecule has 2 rings (SSSR count). The Morgan fingerprint density at radius 1 is 1.35 bits per heavy atom. The Kier molecular flexibility index (Phi) is 4.12. The molecule has 1 heterocycles. The van der Waals surface area contributed by atoms with Crippen molar-refractivity contribution >= 4 is 11.8 Å². The van der Waals surface area contributed by atoms with E-state index >= 15 is 0 Å². The number of carbonyl (C=O) groups excluding carboxylic acids is 2. The van der Waals surface area contributed by atoms with Crippen LogP contribution in [0.1, 0.15) is 23.2 Å². The largest absolute Gasteiger partial charge is 0.504 e. The molecule has 0 saturated carbocycles. The Hall–Kier alpha value is -2.24. The number of carbonyl (C=O) groups is 2. The molecule has 0 bridgehead atoms. The van der Waals surface area contributed by atoms with E-state index in [1.54, 1.807) is 17.0 Å². The van der Waals surface area contributed by atoms with Crippen molar-refractivity contribution in [3.05, 3.63) is 23.8 Å². The minimum atomic E-state index is -0.306. The van der Waals surface area contributed by atoms with E-state index in [0.29, 0.717) is 37.2 Å². The van der Waals surface area contributed by atoms with Gasteiger partial charge in [-0.25, -0.2) is 0 Å². The number of hydrogen-bond acceptors (Lipinski definition) is 4. The third kappa shape index (κ3) is 2.84. The number of phenols is 1. The monoisotopic (exact) mass is 278 g/mol. The molecule has 1 saturated heterocycles. The Labute approximate surface area is 117 Å². The van der Waals surface area contributed by atoms with Gasteiger partial charge in [0, 0.05) is 24.6 Å². The number of likely N-dealkylation sites (tertiary alicyclic amines) is 1. The number of hydrogen-bond donors (Lipinski definition) is 2. The molecular formula is C14H18N2O4.